The summed E-state index contributed by atoms with van der Waals surface area (Å²) in [6.07, 6.45) is -18.5. The standard InChI is InChI=1S/C5H5F7O/c1-13-3(5(10,11)12)2(6)4(7,8)9/h2-3H,1H3. The summed E-state index contributed by atoms with van der Waals surface area (Å²) in [5.41, 5.74) is 0. The first-order chi connectivity index (χ1) is 5.60. The predicted molar refractivity (Wildman–Crippen MR) is 27.8 cm³/mol. The zero-order valence-electron chi connectivity index (χ0n) is 6.21. The molecule has 1 nitrogen and oxygen atoms in total. The van der Waals surface area contributed by atoms with Crippen molar-refractivity contribution < 1.29 is 35.5 Å². The van der Waals surface area contributed by atoms with Crippen molar-refractivity contribution in [1.82, 2.24) is 0 Å². The second-order valence-electron chi connectivity index (χ2n) is 2.14. The molecular weight excluding hydrogens is 209 g/mol. The Morgan fingerprint density at radius 2 is 1.31 bits per heavy atom. The summed E-state index contributed by atoms with van der Waals surface area (Å²) in [6, 6.07) is 0. The quantitative estimate of drug-likeness (QED) is 0.641. The molecule has 2 unspecified atom stereocenters. The van der Waals surface area contributed by atoms with Crippen molar-refractivity contribution in [2.24, 2.45) is 0 Å². The fraction of sp³-hybridized carbons (Fsp3) is 1.00. The molecule has 0 heterocycles. The lowest BCUT2D eigenvalue weighted by Gasteiger charge is -2.23. The van der Waals surface area contributed by atoms with Crippen LogP contribution in [0, 0.1) is 0 Å². The maximum absolute atomic E-state index is 12.1. The molecule has 2 atom stereocenters. The van der Waals surface area contributed by atoms with E-state index in [-0.39, 0.29) is 0 Å². The van der Waals surface area contributed by atoms with Gasteiger partial charge in [-0.25, -0.2) is 4.39 Å². The van der Waals surface area contributed by atoms with Crippen LogP contribution in [-0.4, -0.2) is 31.7 Å². The van der Waals surface area contributed by atoms with Crippen molar-refractivity contribution in [2.45, 2.75) is 24.6 Å². The van der Waals surface area contributed by atoms with Crippen molar-refractivity contribution in [3.63, 3.8) is 0 Å². The number of alkyl halides is 7. The molecule has 0 aliphatic carbocycles. The highest BCUT2D eigenvalue weighted by atomic mass is 19.4. The summed E-state index contributed by atoms with van der Waals surface area (Å²) in [5, 5.41) is 0. The van der Waals surface area contributed by atoms with Gasteiger partial charge < -0.3 is 4.74 Å². The monoisotopic (exact) mass is 214 g/mol. The summed E-state index contributed by atoms with van der Waals surface area (Å²) < 4.78 is 84.8. The third-order valence-electron chi connectivity index (χ3n) is 1.16. The van der Waals surface area contributed by atoms with Gasteiger partial charge in [0.15, 0.2) is 6.10 Å². The Morgan fingerprint density at radius 1 is 0.923 bits per heavy atom. The van der Waals surface area contributed by atoms with Gasteiger partial charge in [-0.05, 0) is 0 Å². The zero-order valence-corrected chi connectivity index (χ0v) is 6.21. The fourth-order valence-corrected chi connectivity index (χ4v) is 0.591. The van der Waals surface area contributed by atoms with Crippen molar-refractivity contribution in [3.8, 4) is 0 Å². The van der Waals surface area contributed by atoms with E-state index in [1.54, 1.807) is 0 Å². The van der Waals surface area contributed by atoms with Crippen LogP contribution in [0.25, 0.3) is 0 Å². The lowest BCUT2D eigenvalue weighted by molar-refractivity contribution is -0.282. The first-order valence-corrected chi connectivity index (χ1v) is 2.91. The van der Waals surface area contributed by atoms with Crippen molar-refractivity contribution in [2.75, 3.05) is 7.11 Å². The largest absolute Gasteiger partial charge is 0.422 e. The average Bonchev–Trinajstić information content (AvgIpc) is 1.83. The molecule has 0 saturated heterocycles. The van der Waals surface area contributed by atoms with Gasteiger partial charge >= 0.3 is 12.4 Å². The Bertz CT molecular complexity index is 159. The molecule has 0 amide bonds. The molecule has 0 aromatic rings. The van der Waals surface area contributed by atoms with Gasteiger partial charge in [-0.2, -0.15) is 26.3 Å². The fourth-order valence-electron chi connectivity index (χ4n) is 0.591. The summed E-state index contributed by atoms with van der Waals surface area (Å²) in [7, 11) is 0.358. The van der Waals surface area contributed by atoms with Crippen LogP contribution in [0.3, 0.4) is 0 Å². The van der Waals surface area contributed by atoms with E-state index < -0.39 is 24.6 Å². The van der Waals surface area contributed by atoms with Gasteiger partial charge in [0.05, 0.1) is 0 Å². The van der Waals surface area contributed by atoms with Crippen LogP contribution < -0.4 is 0 Å². The van der Waals surface area contributed by atoms with Crippen LogP contribution in [-0.2, 0) is 4.74 Å². The van der Waals surface area contributed by atoms with E-state index in [0.717, 1.165) is 0 Å². The predicted octanol–water partition coefficient (Wildman–Crippen LogP) is 2.46. The second-order valence-corrected chi connectivity index (χ2v) is 2.14. The lowest BCUT2D eigenvalue weighted by atomic mass is 10.2. The first kappa shape index (κ1) is 12.5. The van der Waals surface area contributed by atoms with Gasteiger partial charge in [-0.15, -0.1) is 0 Å². The van der Waals surface area contributed by atoms with E-state index in [1.807, 2.05) is 0 Å². The molecule has 0 bridgehead atoms. The number of methoxy groups -OCH3 is 1. The maximum Gasteiger partial charge on any atom is 0.422 e. The van der Waals surface area contributed by atoms with Crippen LogP contribution in [0.1, 0.15) is 0 Å². The van der Waals surface area contributed by atoms with Gasteiger partial charge in [0.25, 0.3) is 0 Å². The SMILES string of the molecule is COC(C(F)C(F)(F)F)C(F)(F)F. The van der Waals surface area contributed by atoms with Gasteiger partial charge in [-0.3, -0.25) is 0 Å². The molecule has 80 valence electrons. The van der Waals surface area contributed by atoms with E-state index in [2.05, 4.69) is 4.74 Å². The van der Waals surface area contributed by atoms with Crippen LogP contribution in [0.15, 0.2) is 0 Å². The van der Waals surface area contributed by atoms with E-state index >= 15 is 0 Å². The molecule has 0 spiro atoms. The van der Waals surface area contributed by atoms with Gasteiger partial charge in [0, 0.05) is 7.11 Å². The third-order valence-corrected chi connectivity index (χ3v) is 1.16. The molecule has 0 saturated carbocycles. The van der Waals surface area contributed by atoms with E-state index in [9.17, 15) is 30.7 Å². The minimum Gasteiger partial charge on any atom is -0.369 e. The normalized spacial score (nSPS) is 18.5. The zero-order chi connectivity index (χ0) is 10.9. The van der Waals surface area contributed by atoms with Crippen LogP contribution in [0.2, 0.25) is 0 Å². The molecule has 0 aromatic heterocycles. The van der Waals surface area contributed by atoms with E-state index in [0.29, 0.717) is 7.11 Å². The number of rotatable bonds is 2. The Morgan fingerprint density at radius 3 is 1.38 bits per heavy atom. The lowest BCUT2D eigenvalue weighted by Crippen LogP contribution is -2.46. The van der Waals surface area contributed by atoms with E-state index in [1.165, 1.54) is 0 Å². The molecule has 0 aliphatic rings. The smallest absolute Gasteiger partial charge is 0.369 e. The molecule has 0 rings (SSSR count). The van der Waals surface area contributed by atoms with Crippen molar-refractivity contribution in [3.05, 3.63) is 0 Å². The van der Waals surface area contributed by atoms with Crippen LogP contribution in [0.4, 0.5) is 30.7 Å². The van der Waals surface area contributed by atoms with Crippen molar-refractivity contribution >= 4 is 0 Å². The van der Waals surface area contributed by atoms with Gasteiger partial charge in [0.2, 0.25) is 6.17 Å². The summed E-state index contributed by atoms with van der Waals surface area (Å²) >= 11 is 0. The van der Waals surface area contributed by atoms with Gasteiger partial charge in [0.1, 0.15) is 0 Å². The molecule has 0 fully saturated rings. The van der Waals surface area contributed by atoms with Crippen LogP contribution >= 0.6 is 0 Å². The van der Waals surface area contributed by atoms with Gasteiger partial charge in [-0.1, -0.05) is 0 Å². The highest BCUT2D eigenvalue weighted by Gasteiger charge is 2.56. The number of hydrogen-bond donors (Lipinski definition) is 0. The Balaban J connectivity index is 4.61. The highest BCUT2D eigenvalue weighted by molar-refractivity contribution is 4.81. The first-order valence-electron chi connectivity index (χ1n) is 2.91. The number of ether oxygens (including phenoxy) is 1. The second kappa shape index (κ2) is 3.69. The number of halogens is 7. The maximum atomic E-state index is 12.1. The molecule has 8 heteroatoms. The molecule has 0 radical (unpaired) electrons. The molecular formula is C5H5F7O. The summed E-state index contributed by atoms with van der Waals surface area (Å²) in [5.74, 6) is 0. The third kappa shape index (κ3) is 3.37. The topological polar surface area (TPSA) is 9.23 Å². The van der Waals surface area contributed by atoms with E-state index in [4.69, 9.17) is 0 Å². The Kier molecular flexibility index (Phi) is 3.54. The molecule has 0 aliphatic heterocycles. The Hall–Kier alpha value is -0.530. The van der Waals surface area contributed by atoms with Crippen molar-refractivity contribution in [1.29, 1.82) is 0 Å². The Labute approximate surface area is 68.5 Å². The van der Waals surface area contributed by atoms with Crippen LogP contribution in [0.5, 0.6) is 0 Å². The summed E-state index contributed by atoms with van der Waals surface area (Å²) in [6.45, 7) is 0. The minimum absolute atomic E-state index is 0.358. The number of hydrogen-bond acceptors (Lipinski definition) is 1. The minimum atomic E-state index is -5.57. The highest BCUT2D eigenvalue weighted by Crippen LogP contribution is 2.34. The molecule has 0 N–H and O–H groups in total. The average molecular weight is 214 g/mol. The molecule has 13 heavy (non-hydrogen) atoms. The molecule has 0 aromatic carbocycles. The summed E-state index contributed by atoms with van der Waals surface area (Å²) in [4.78, 5) is 0.